The molecule has 0 aliphatic rings. The van der Waals surface area contributed by atoms with Crippen molar-refractivity contribution in [3.8, 4) is 17.0 Å². The Balaban J connectivity index is 2.49. The molecule has 0 N–H and O–H groups in total. The SMILES string of the molecule is COC(=O)c1cc(F)cc(-c2ccnc(OC)c2)c1. The summed E-state index contributed by atoms with van der Waals surface area (Å²) in [7, 11) is 2.75. The lowest BCUT2D eigenvalue weighted by atomic mass is 10.0. The van der Waals surface area contributed by atoms with Gasteiger partial charge in [0.25, 0.3) is 0 Å². The van der Waals surface area contributed by atoms with Crippen molar-refractivity contribution < 1.29 is 18.7 Å². The van der Waals surface area contributed by atoms with Gasteiger partial charge in [0.1, 0.15) is 5.82 Å². The lowest BCUT2D eigenvalue weighted by Gasteiger charge is -2.06. The first-order valence-electron chi connectivity index (χ1n) is 5.53. The van der Waals surface area contributed by atoms with E-state index in [1.54, 1.807) is 24.4 Å². The highest BCUT2D eigenvalue weighted by molar-refractivity contribution is 5.91. The van der Waals surface area contributed by atoms with Crippen molar-refractivity contribution in [3.63, 3.8) is 0 Å². The average molecular weight is 261 g/mol. The summed E-state index contributed by atoms with van der Waals surface area (Å²) in [5, 5.41) is 0. The van der Waals surface area contributed by atoms with E-state index in [-0.39, 0.29) is 5.56 Å². The number of carbonyl (C=O) groups excluding carboxylic acids is 1. The molecule has 0 aliphatic carbocycles. The molecule has 2 rings (SSSR count). The smallest absolute Gasteiger partial charge is 0.337 e. The Morgan fingerprint density at radius 2 is 1.95 bits per heavy atom. The van der Waals surface area contributed by atoms with Crippen LogP contribution in [0.4, 0.5) is 4.39 Å². The summed E-state index contributed by atoms with van der Waals surface area (Å²) in [6, 6.07) is 7.40. The normalized spacial score (nSPS) is 10.1. The van der Waals surface area contributed by atoms with E-state index < -0.39 is 11.8 Å². The fourth-order valence-corrected chi connectivity index (χ4v) is 1.69. The maximum Gasteiger partial charge on any atom is 0.337 e. The van der Waals surface area contributed by atoms with Crippen molar-refractivity contribution in [1.29, 1.82) is 0 Å². The van der Waals surface area contributed by atoms with Crippen molar-refractivity contribution in [2.75, 3.05) is 14.2 Å². The quantitative estimate of drug-likeness (QED) is 0.797. The summed E-state index contributed by atoms with van der Waals surface area (Å²) in [5.41, 5.74) is 1.42. The maximum absolute atomic E-state index is 13.5. The maximum atomic E-state index is 13.5. The Hall–Kier alpha value is -2.43. The molecule has 4 nitrogen and oxygen atoms in total. The van der Waals surface area contributed by atoms with E-state index in [0.717, 1.165) is 6.07 Å². The van der Waals surface area contributed by atoms with Gasteiger partial charge in [0.2, 0.25) is 5.88 Å². The van der Waals surface area contributed by atoms with Crippen LogP contribution in [0.1, 0.15) is 10.4 Å². The zero-order valence-corrected chi connectivity index (χ0v) is 10.5. The van der Waals surface area contributed by atoms with Crippen LogP contribution in [0.25, 0.3) is 11.1 Å². The summed E-state index contributed by atoms with van der Waals surface area (Å²) >= 11 is 0. The molecule has 0 atom stereocenters. The van der Waals surface area contributed by atoms with Gasteiger partial charge in [-0.1, -0.05) is 0 Å². The predicted molar refractivity (Wildman–Crippen MR) is 67.5 cm³/mol. The first-order valence-corrected chi connectivity index (χ1v) is 5.53. The Kier molecular flexibility index (Phi) is 3.75. The minimum Gasteiger partial charge on any atom is -0.481 e. The van der Waals surface area contributed by atoms with E-state index in [9.17, 15) is 9.18 Å². The number of rotatable bonds is 3. The highest BCUT2D eigenvalue weighted by Gasteiger charge is 2.10. The molecule has 1 heterocycles. The Bertz CT molecular complexity index is 613. The molecule has 0 radical (unpaired) electrons. The lowest BCUT2D eigenvalue weighted by molar-refractivity contribution is 0.0600. The van der Waals surface area contributed by atoms with Crippen LogP contribution >= 0.6 is 0 Å². The van der Waals surface area contributed by atoms with E-state index in [1.165, 1.54) is 20.3 Å². The molecule has 0 aliphatic heterocycles. The molecule has 1 aromatic heterocycles. The third kappa shape index (κ3) is 2.88. The van der Waals surface area contributed by atoms with Gasteiger partial charge in [0.15, 0.2) is 0 Å². The largest absolute Gasteiger partial charge is 0.481 e. The number of pyridine rings is 1. The standard InChI is InChI=1S/C14H12FNO3/c1-18-13-8-9(3-4-16-13)10-5-11(14(17)19-2)7-12(15)6-10/h3-8H,1-2H3. The zero-order chi connectivity index (χ0) is 13.8. The number of ether oxygens (including phenoxy) is 2. The van der Waals surface area contributed by atoms with Gasteiger partial charge in [-0.05, 0) is 35.4 Å². The molecule has 0 unspecified atom stereocenters. The Labute approximate surface area is 109 Å². The lowest BCUT2D eigenvalue weighted by Crippen LogP contribution is -2.02. The predicted octanol–water partition coefficient (Wildman–Crippen LogP) is 2.68. The van der Waals surface area contributed by atoms with Gasteiger partial charge in [-0.2, -0.15) is 0 Å². The summed E-state index contributed by atoms with van der Waals surface area (Å²) in [6.45, 7) is 0. The Morgan fingerprint density at radius 1 is 1.16 bits per heavy atom. The van der Waals surface area contributed by atoms with Gasteiger partial charge in [0.05, 0.1) is 19.8 Å². The number of benzene rings is 1. The van der Waals surface area contributed by atoms with E-state index in [4.69, 9.17) is 4.74 Å². The van der Waals surface area contributed by atoms with Crippen molar-refractivity contribution in [3.05, 3.63) is 47.9 Å². The number of aromatic nitrogens is 1. The second-order valence-electron chi connectivity index (χ2n) is 3.81. The van der Waals surface area contributed by atoms with E-state index in [0.29, 0.717) is 17.0 Å². The van der Waals surface area contributed by atoms with E-state index in [2.05, 4.69) is 9.72 Å². The van der Waals surface area contributed by atoms with Crippen LogP contribution in [0.15, 0.2) is 36.5 Å². The average Bonchev–Trinajstić information content (AvgIpc) is 2.45. The summed E-state index contributed by atoms with van der Waals surface area (Å²) in [5.74, 6) is -0.670. The summed E-state index contributed by atoms with van der Waals surface area (Å²) in [6.07, 6.45) is 1.55. The van der Waals surface area contributed by atoms with Crippen LogP contribution in [0.5, 0.6) is 5.88 Å². The third-order valence-electron chi connectivity index (χ3n) is 2.60. The number of esters is 1. The fraction of sp³-hybridized carbons (Fsp3) is 0.143. The molecule has 0 saturated heterocycles. The number of carbonyl (C=O) groups is 1. The molecule has 19 heavy (non-hydrogen) atoms. The molecular weight excluding hydrogens is 249 g/mol. The highest BCUT2D eigenvalue weighted by atomic mass is 19.1. The fourth-order valence-electron chi connectivity index (χ4n) is 1.69. The van der Waals surface area contributed by atoms with Crippen molar-refractivity contribution in [2.24, 2.45) is 0 Å². The van der Waals surface area contributed by atoms with Gasteiger partial charge < -0.3 is 9.47 Å². The number of halogens is 1. The summed E-state index contributed by atoms with van der Waals surface area (Å²) < 4.78 is 23.1. The van der Waals surface area contributed by atoms with Gasteiger partial charge in [-0.3, -0.25) is 0 Å². The van der Waals surface area contributed by atoms with Crippen LogP contribution in [0, 0.1) is 5.82 Å². The topological polar surface area (TPSA) is 48.4 Å². The van der Waals surface area contributed by atoms with Gasteiger partial charge >= 0.3 is 5.97 Å². The minimum absolute atomic E-state index is 0.160. The number of hydrogen-bond acceptors (Lipinski definition) is 4. The Morgan fingerprint density at radius 3 is 2.63 bits per heavy atom. The van der Waals surface area contributed by atoms with Crippen molar-refractivity contribution in [1.82, 2.24) is 4.98 Å². The third-order valence-corrected chi connectivity index (χ3v) is 2.60. The first-order chi connectivity index (χ1) is 9.13. The highest BCUT2D eigenvalue weighted by Crippen LogP contribution is 2.24. The van der Waals surface area contributed by atoms with Crippen LogP contribution in [0.3, 0.4) is 0 Å². The second-order valence-corrected chi connectivity index (χ2v) is 3.81. The summed E-state index contributed by atoms with van der Waals surface area (Å²) in [4.78, 5) is 15.4. The molecule has 5 heteroatoms. The van der Waals surface area contributed by atoms with Gasteiger partial charge in [-0.25, -0.2) is 14.2 Å². The van der Waals surface area contributed by atoms with Crippen molar-refractivity contribution in [2.45, 2.75) is 0 Å². The molecule has 2 aromatic rings. The molecule has 0 bridgehead atoms. The van der Waals surface area contributed by atoms with Crippen LogP contribution in [-0.2, 0) is 4.74 Å². The van der Waals surface area contributed by atoms with E-state index in [1.807, 2.05) is 0 Å². The molecule has 0 spiro atoms. The molecule has 1 aromatic carbocycles. The molecule has 0 amide bonds. The minimum atomic E-state index is -0.582. The molecule has 0 saturated carbocycles. The van der Waals surface area contributed by atoms with Crippen LogP contribution in [0.2, 0.25) is 0 Å². The molecular formula is C14H12FNO3. The van der Waals surface area contributed by atoms with Gasteiger partial charge in [0, 0.05) is 12.3 Å². The van der Waals surface area contributed by atoms with Crippen molar-refractivity contribution >= 4 is 5.97 Å². The monoisotopic (exact) mass is 261 g/mol. The van der Waals surface area contributed by atoms with Crippen LogP contribution in [-0.4, -0.2) is 25.2 Å². The number of nitrogens with zero attached hydrogens (tertiary/aromatic N) is 1. The first kappa shape index (κ1) is 13.0. The van der Waals surface area contributed by atoms with Crippen LogP contribution < -0.4 is 4.74 Å². The number of methoxy groups -OCH3 is 2. The van der Waals surface area contributed by atoms with Gasteiger partial charge in [-0.15, -0.1) is 0 Å². The van der Waals surface area contributed by atoms with E-state index >= 15 is 0 Å². The zero-order valence-electron chi connectivity index (χ0n) is 10.5. The molecule has 0 fully saturated rings. The molecule has 98 valence electrons. The second kappa shape index (κ2) is 5.48. The number of hydrogen-bond donors (Lipinski definition) is 0.